The molecule has 8 nitrogen and oxygen atoms in total. The van der Waals surface area contributed by atoms with E-state index in [1.165, 1.54) is 12.1 Å². The van der Waals surface area contributed by atoms with Crippen molar-refractivity contribution in [1.82, 2.24) is 9.97 Å². The number of nitrogens with one attached hydrogen (secondary N) is 1. The predicted octanol–water partition coefficient (Wildman–Crippen LogP) is 6.79. The second kappa shape index (κ2) is 11.0. The Labute approximate surface area is 275 Å². The number of carbonyl (C=O) groups is 2. The number of amides is 2. The normalized spacial score (nSPS) is 26.1. The molecule has 2 spiro atoms. The molecule has 2 fully saturated rings. The molecule has 1 N–H and O–H groups in total. The van der Waals surface area contributed by atoms with Crippen molar-refractivity contribution in [3.63, 3.8) is 0 Å². The van der Waals surface area contributed by atoms with Gasteiger partial charge < -0.3 is 19.7 Å². The van der Waals surface area contributed by atoms with E-state index < -0.39 is 10.8 Å². The highest BCUT2D eigenvalue weighted by molar-refractivity contribution is 9.10. The molecule has 2 aromatic carbocycles. The summed E-state index contributed by atoms with van der Waals surface area (Å²) >= 11 is 6.47. The van der Waals surface area contributed by atoms with E-state index in [0.717, 1.165) is 59.0 Å². The molecule has 4 heterocycles. The third-order valence-corrected chi connectivity index (χ3v) is 11.1. The van der Waals surface area contributed by atoms with Gasteiger partial charge in [-0.05, 0) is 81.5 Å². The number of ether oxygens (including phenoxy) is 2. The molecule has 0 bridgehead atoms. The lowest BCUT2D eigenvalue weighted by Crippen LogP contribution is -2.50. The number of pyridine rings is 2. The van der Waals surface area contributed by atoms with Gasteiger partial charge in [-0.25, -0.2) is 8.78 Å². The van der Waals surface area contributed by atoms with Crippen LogP contribution in [0.1, 0.15) is 36.8 Å². The van der Waals surface area contributed by atoms with E-state index in [2.05, 4.69) is 47.1 Å². The molecule has 12 heteroatoms. The van der Waals surface area contributed by atoms with Gasteiger partial charge in [0.15, 0.2) is 0 Å². The van der Waals surface area contributed by atoms with Gasteiger partial charge in [0.1, 0.15) is 11.6 Å². The molecular formula is C33H30Br2F2N4O4. The van der Waals surface area contributed by atoms with Crippen LogP contribution >= 0.6 is 31.9 Å². The van der Waals surface area contributed by atoms with Crippen LogP contribution in [-0.2, 0) is 29.9 Å². The van der Waals surface area contributed by atoms with Crippen molar-refractivity contribution < 1.29 is 27.8 Å². The molecule has 8 rings (SSSR count). The number of hydrogen-bond acceptors (Lipinski definition) is 6. The maximum absolute atomic E-state index is 13.8. The highest BCUT2D eigenvalue weighted by Crippen LogP contribution is 2.58. The minimum absolute atomic E-state index is 0.0181. The summed E-state index contributed by atoms with van der Waals surface area (Å²) in [5.74, 6) is 0.197. The smallest absolute Gasteiger partial charge is 0.237 e. The zero-order valence-electron chi connectivity index (χ0n) is 24.8. The van der Waals surface area contributed by atoms with Crippen molar-refractivity contribution in [3.05, 3.63) is 68.4 Å². The summed E-state index contributed by atoms with van der Waals surface area (Å²) in [4.78, 5) is 35.7. The van der Waals surface area contributed by atoms with E-state index in [1.54, 1.807) is 50.7 Å². The van der Waals surface area contributed by atoms with Crippen LogP contribution in [0.4, 0.5) is 20.2 Å². The zero-order chi connectivity index (χ0) is 31.8. The van der Waals surface area contributed by atoms with Gasteiger partial charge in [-0.3, -0.25) is 19.6 Å². The average Bonchev–Trinajstić information content (AvgIpc) is 3.39. The fourth-order valence-corrected chi connectivity index (χ4v) is 8.64. The fourth-order valence-electron chi connectivity index (χ4n) is 7.95. The van der Waals surface area contributed by atoms with Crippen LogP contribution in [0.5, 0.6) is 0 Å². The Morgan fingerprint density at radius 2 is 1.36 bits per heavy atom. The van der Waals surface area contributed by atoms with E-state index >= 15 is 0 Å². The molecular weight excluding hydrogens is 714 g/mol. The quantitative estimate of drug-likeness (QED) is 0.248. The minimum atomic E-state index is -0.517. The zero-order valence-corrected chi connectivity index (χ0v) is 28.0. The third kappa shape index (κ3) is 4.54. The Bertz CT molecular complexity index is 1910. The number of likely N-dealkylation sites (N-methyl/N-ethyl adjacent to an activating group) is 1. The Morgan fingerprint density at radius 3 is 1.91 bits per heavy atom. The second-order valence-electron chi connectivity index (χ2n) is 12.6. The molecule has 45 heavy (non-hydrogen) atoms. The van der Waals surface area contributed by atoms with Gasteiger partial charge in [-0.1, -0.05) is 0 Å². The van der Waals surface area contributed by atoms with Crippen LogP contribution in [0.3, 0.4) is 0 Å². The molecule has 0 radical (unpaired) electrons. The number of methoxy groups -OCH3 is 2. The van der Waals surface area contributed by atoms with Gasteiger partial charge in [-0.2, -0.15) is 0 Å². The molecule has 2 amide bonds. The van der Waals surface area contributed by atoms with Crippen molar-refractivity contribution in [1.29, 1.82) is 0 Å². The van der Waals surface area contributed by atoms with E-state index in [4.69, 9.17) is 9.47 Å². The number of halogens is 4. The van der Waals surface area contributed by atoms with Gasteiger partial charge in [-0.15, -0.1) is 0 Å². The number of anilines is 2. The number of aromatic nitrogens is 2. The number of fused-ring (bicyclic) bond motifs is 8. The maximum atomic E-state index is 13.8. The first-order valence-electron chi connectivity index (χ1n) is 14.7. The lowest BCUT2D eigenvalue weighted by Gasteiger charge is -2.44. The van der Waals surface area contributed by atoms with E-state index in [9.17, 15) is 18.4 Å². The maximum Gasteiger partial charge on any atom is 0.237 e. The van der Waals surface area contributed by atoms with Crippen molar-refractivity contribution in [2.75, 3.05) is 44.7 Å². The van der Waals surface area contributed by atoms with Gasteiger partial charge in [0.25, 0.3) is 0 Å². The lowest BCUT2D eigenvalue weighted by molar-refractivity contribution is -0.128. The number of benzene rings is 2. The molecule has 2 saturated carbocycles. The Balaban J connectivity index is 0.000000145. The first kappa shape index (κ1) is 30.6. The van der Waals surface area contributed by atoms with Crippen molar-refractivity contribution >= 4 is 76.9 Å². The fraction of sp³-hybridized carbons (Fsp3) is 0.394. The highest BCUT2D eigenvalue weighted by Gasteiger charge is 2.58. The van der Waals surface area contributed by atoms with E-state index in [-0.39, 0.29) is 23.4 Å². The molecule has 4 aromatic rings. The van der Waals surface area contributed by atoms with Crippen molar-refractivity contribution in [2.45, 2.75) is 36.5 Å². The van der Waals surface area contributed by atoms with Crippen LogP contribution in [-0.4, -0.2) is 56.3 Å². The van der Waals surface area contributed by atoms with Gasteiger partial charge in [0.05, 0.1) is 54.6 Å². The van der Waals surface area contributed by atoms with Gasteiger partial charge >= 0.3 is 0 Å². The van der Waals surface area contributed by atoms with Crippen molar-refractivity contribution in [2.24, 2.45) is 11.8 Å². The molecule has 4 aliphatic rings. The SMILES string of the molecule is COCC1CC2(C1)C(=O)N(C)c1cnc3cc(F)c(Br)cc3c12.COCC1CC2(C1)C(=O)Nc1cnc3cc(F)c(Br)cc3c12. The summed E-state index contributed by atoms with van der Waals surface area (Å²) in [5, 5.41) is 4.61. The van der Waals surface area contributed by atoms with Crippen LogP contribution in [0.25, 0.3) is 21.8 Å². The number of hydrogen-bond donors (Lipinski definition) is 1. The Morgan fingerprint density at radius 1 is 0.844 bits per heavy atom. The first-order chi connectivity index (χ1) is 21.5. The molecule has 234 valence electrons. The summed E-state index contributed by atoms with van der Waals surface area (Å²) in [5.41, 5.74) is 3.65. The first-order valence-corrected chi connectivity index (χ1v) is 16.3. The molecule has 0 saturated heterocycles. The van der Waals surface area contributed by atoms with Crippen LogP contribution in [0.2, 0.25) is 0 Å². The minimum Gasteiger partial charge on any atom is -0.384 e. The third-order valence-electron chi connectivity index (χ3n) is 9.87. The second-order valence-corrected chi connectivity index (χ2v) is 14.3. The van der Waals surface area contributed by atoms with Crippen LogP contribution in [0, 0.1) is 23.5 Å². The molecule has 0 unspecified atom stereocenters. The van der Waals surface area contributed by atoms with E-state index in [1.807, 2.05) is 0 Å². The number of nitrogens with zero attached hydrogens (tertiary/aromatic N) is 3. The summed E-state index contributed by atoms with van der Waals surface area (Å²) in [6, 6.07) is 6.29. The largest absolute Gasteiger partial charge is 0.384 e. The summed E-state index contributed by atoms with van der Waals surface area (Å²) in [7, 11) is 5.14. The Kier molecular flexibility index (Phi) is 7.50. The summed E-state index contributed by atoms with van der Waals surface area (Å²) in [6.07, 6.45) is 6.36. The van der Waals surface area contributed by atoms with Gasteiger partial charge in [0.2, 0.25) is 11.8 Å². The van der Waals surface area contributed by atoms with Crippen molar-refractivity contribution in [3.8, 4) is 0 Å². The lowest BCUT2D eigenvalue weighted by atomic mass is 9.59. The monoisotopic (exact) mass is 742 g/mol. The average molecular weight is 744 g/mol. The standard InChI is InChI=1S/C17H16BrFN2O2.C16H14BrFN2O2/c1-21-14-7-20-13-4-12(19)11(18)3-10(13)15(14)17(16(21)22)5-9(6-17)8-23-2;1-22-7-8-4-16(5-8)14-9-2-10(17)11(18)3-12(9)19-6-13(14)20-15(16)21/h3-4,7,9H,5-6,8H2,1-2H3;2-3,6,8H,4-5,7H2,1H3,(H,20,21). The molecule has 2 aliphatic heterocycles. The predicted molar refractivity (Wildman–Crippen MR) is 173 cm³/mol. The molecule has 2 aromatic heterocycles. The van der Waals surface area contributed by atoms with Crippen LogP contribution < -0.4 is 10.2 Å². The Hall–Kier alpha value is -3.06. The number of carbonyl (C=O) groups excluding carboxylic acids is 2. The summed E-state index contributed by atoms with van der Waals surface area (Å²) in [6.45, 7) is 1.32. The molecule has 2 aliphatic carbocycles. The van der Waals surface area contributed by atoms with Crippen LogP contribution in [0.15, 0.2) is 45.6 Å². The summed E-state index contributed by atoms with van der Waals surface area (Å²) < 4.78 is 38.8. The topological polar surface area (TPSA) is 93.6 Å². The van der Waals surface area contributed by atoms with Gasteiger partial charge in [0, 0.05) is 68.5 Å². The van der Waals surface area contributed by atoms with E-state index in [0.29, 0.717) is 45.0 Å². The highest BCUT2D eigenvalue weighted by atomic mass is 79.9. The molecule has 0 atom stereocenters. The number of rotatable bonds is 4.